The highest BCUT2D eigenvalue weighted by Gasteiger charge is 2.22. The Kier molecular flexibility index (Phi) is 4.78. The SMILES string of the molecule is CCN(Cc1c(Br)cnn1C)C(=O)OC(C)(C)C. The zero-order valence-corrected chi connectivity index (χ0v) is 13.1. The zero-order chi connectivity index (χ0) is 13.9. The van der Waals surface area contributed by atoms with E-state index in [0.29, 0.717) is 13.1 Å². The lowest BCUT2D eigenvalue weighted by Gasteiger charge is -2.26. The molecule has 1 aromatic heterocycles. The summed E-state index contributed by atoms with van der Waals surface area (Å²) in [6, 6.07) is 0. The third-order valence-electron chi connectivity index (χ3n) is 2.38. The first kappa shape index (κ1) is 15.0. The Morgan fingerprint density at radius 3 is 2.56 bits per heavy atom. The number of aromatic nitrogens is 2. The maximum absolute atomic E-state index is 12.0. The van der Waals surface area contributed by atoms with Gasteiger partial charge in [-0.05, 0) is 43.6 Å². The van der Waals surface area contributed by atoms with Crippen molar-refractivity contribution in [1.29, 1.82) is 0 Å². The van der Waals surface area contributed by atoms with E-state index in [9.17, 15) is 4.79 Å². The average Bonchev–Trinajstić information content (AvgIpc) is 2.53. The van der Waals surface area contributed by atoms with Gasteiger partial charge >= 0.3 is 6.09 Å². The van der Waals surface area contributed by atoms with E-state index < -0.39 is 5.60 Å². The molecule has 1 heterocycles. The number of aryl methyl sites for hydroxylation is 1. The first-order valence-corrected chi connectivity index (χ1v) is 6.68. The molecule has 0 aliphatic carbocycles. The molecule has 0 aliphatic heterocycles. The summed E-state index contributed by atoms with van der Waals surface area (Å²) >= 11 is 3.42. The van der Waals surface area contributed by atoms with Gasteiger partial charge in [0.2, 0.25) is 0 Å². The maximum atomic E-state index is 12.0. The second kappa shape index (κ2) is 5.73. The van der Waals surface area contributed by atoms with Gasteiger partial charge < -0.3 is 9.64 Å². The zero-order valence-electron chi connectivity index (χ0n) is 11.5. The Balaban J connectivity index is 2.77. The van der Waals surface area contributed by atoms with Crippen LogP contribution in [0.2, 0.25) is 0 Å². The van der Waals surface area contributed by atoms with Crippen molar-refractivity contribution in [2.45, 2.75) is 39.8 Å². The molecule has 1 rings (SSSR count). The van der Waals surface area contributed by atoms with Crippen LogP contribution in [0.25, 0.3) is 0 Å². The van der Waals surface area contributed by atoms with Crippen molar-refractivity contribution < 1.29 is 9.53 Å². The van der Waals surface area contributed by atoms with Crippen molar-refractivity contribution in [3.63, 3.8) is 0 Å². The van der Waals surface area contributed by atoms with Crippen molar-refractivity contribution >= 4 is 22.0 Å². The van der Waals surface area contributed by atoms with E-state index in [1.54, 1.807) is 15.8 Å². The van der Waals surface area contributed by atoms with Crippen LogP contribution in [-0.2, 0) is 18.3 Å². The number of carbonyl (C=O) groups excluding carboxylic acids is 1. The normalized spacial score (nSPS) is 11.4. The first-order chi connectivity index (χ1) is 8.24. The lowest BCUT2D eigenvalue weighted by atomic mass is 10.2. The van der Waals surface area contributed by atoms with Gasteiger partial charge in [-0.25, -0.2) is 4.79 Å². The number of nitrogens with zero attached hydrogens (tertiary/aromatic N) is 3. The van der Waals surface area contributed by atoms with Gasteiger partial charge in [0.25, 0.3) is 0 Å². The minimum atomic E-state index is -0.478. The molecule has 0 unspecified atom stereocenters. The van der Waals surface area contributed by atoms with Crippen molar-refractivity contribution in [2.24, 2.45) is 7.05 Å². The summed E-state index contributed by atoms with van der Waals surface area (Å²) in [4.78, 5) is 13.6. The van der Waals surface area contributed by atoms with Gasteiger partial charge in [0, 0.05) is 13.6 Å². The molecule has 0 saturated carbocycles. The van der Waals surface area contributed by atoms with Gasteiger partial charge in [-0.2, -0.15) is 5.10 Å². The summed E-state index contributed by atoms with van der Waals surface area (Å²) in [5, 5.41) is 4.13. The van der Waals surface area contributed by atoms with Gasteiger partial charge in [0.05, 0.1) is 22.9 Å². The summed E-state index contributed by atoms with van der Waals surface area (Å²) in [7, 11) is 1.85. The number of carbonyl (C=O) groups is 1. The maximum Gasteiger partial charge on any atom is 0.410 e. The monoisotopic (exact) mass is 317 g/mol. The molecular formula is C12H20BrN3O2. The van der Waals surface area contributed by atoms with Crippen LogP contribution in [0.5, 0.6) is 0 Å². The van der Waals surface area contributed by atoms with Gasteiger partial charge in [-0.3, -0.25) is 4.68 Å². The molecule has 0 N–H and O–H groups in total. The van der Waals surface area contributed by atoms with Crippen LogP contribution in [0, 0.1) is 0 Å². The van der Waals surface area contributed by atoms with Crippen LogP contribution >= 0.6 is 15.9 Å². The summed E-state index contributed by atoms with van der Waals surface area (Å²) in [5.74, 6) is 0. The lowest BCUT2D eigenvalue weighted by Crippen LogP contribution is -2.36. The van der Waals surface area contributed by atoms with E-state index in [1.807, 2.05) is 34.7 Å². The highest BCUT2D eigenvalue weighted by Crippen LogP contribution is 2.18. The molecule has 1 amide bonds. The largest absolute Gasteiger partial charge is 0.444 e. The third kappa shape index (κ3) is 4.01. The van der Waals surface area contributed by atoms with Crippen LogP contribution in [0.15, 0.2) is 10.7 Å². The summed E-state index contributed by atoms with van der Waals surface area (Å²) < 4.78 is 8.00. The van der Waals surface area contributed by atoms with Crippen LogP contribution in [0.3, 0.4) is 0 Å². The second-order valence-electron chi connectivity index (χ2n) is 5.06. The molecule has 0 bridgehead atoms. The number of hydrogen-bond acceptors (Lipinski definition) is 3. The number of amides is 1. The van der Waals surface area contributed by atoms with E-state index in [-0.39, 0.29) is 6.09 Å². The molecule has 18 heavy (non-hydrogen) atoms. The van der Waals surface area contributed by atoms with Crippen molar-refractivity contribution in [3.05, 3.63) is 16.4 Å². The molecule has 0 atom stereocenters. The molecule has 0 aromatic carbocycles. The fourth-order valence-corrected chi connectivity index (χ4v) is 1.90. The summed E-state index contributed by atoms with van der Waals surface area (Å²) in [6.07, 6.45) is 1.41. The lowest BCUT2D eigenvalue weighted by molar-refractivity contribution is 0.0240. The van der Waals surface area contributed by atoms with Crippen LogP contribution in [0.4, 0.5) is 4.79 Å². The molecule has 0 radical (unpaired) electrons. The van der Waals surface area contributed by atoms with Gasteiger partial charge in [0.1, 0.15) is 5.60 Å². The Morgan fingerprint density at radius 2 is 2.17 bits per heavy atom. The van der Waals surface area contributed by atoms with E-state index in [2.05, 4.69) is 21.0 Å². The van der Waals surface area contributed by atoms with Gasteiger partial charge in [0.15, 0.2) is 0 Å². The minimum absolute atomic E-state index is 0.307. The fourth-order valence-electron chi connectivity index (χ4n) is 1.43. The van der Waals surface area contributed by atoms with Crippen LogP contribution < -0.4 is 0 Å². The van der Waals surface area contributed by atoms with Crippen LogP contribution in [0.1, 0.15) is 33.4 Å². The predicted octanol–water partition coefficient (Wildman–Crippen LogP) is 2.94. The molecule has 0 spiro atoms. The fraction of sp³-hybridized carbons (Fsp3) is 0.667. The Morgan fingerprint density at radius 1 is 1.56 bits per heavy atom. The second-order valence-corrected chi connectivity index (χ2v) is 5.91. The number of rotatable bonds is 3. The molecule has 0 fully saturated rings. The highest BCUT2D eigenvalue weighted by molar-refractivity contribution is 9.10. The Bertz CT molecular complexity index is 404. The highest BCUT2D eigenvalue weighted by atomic mass is 79.9. The number of hydrogen-bond donors (Lipinski definition) is 0. The average molecular weight is 318 g/mol. The van der Waals surface area contributed by atoms with Gasteiger partial charge in [-0.15, -0.1) is 0 Å². The third-order valence-corrected chi connectivity index (χ3v) is 3.05. The van der Waals surface area contributed by atoms with Crippen molar-refractivity contribution in [2.75, 3.05) is 6.54 Å². The Labute approximate surface area is 116 Å². The number of halogens is 1. The molecule has 6 heteroatoms. The van der Waals surface area contributed by atoms with E-state index in [0.717, 1.165) is 10.2 Å². The predicted molar refractivity (Wildman–Crippen MR) is 73.2 cm³/mol. The molecule has 1 aromatic rings. The van der Waals surface area contributed by atoms with Crippen LogP contribution in [-0.4, -0.2) is 32.9 Å². The van der Waals surface area contributed by atoms with E-state index in [4.69, 9.17) is 4.74 Å². The molecular weight excluding hydrogens is 298 g/mol. The topological polar surface area (TPSA) is 47.4 Å². The van der Waals surface area contributed by atoms with Crippen molar-refractivity contribution in [1.82, 2.24) is 14.7 Å². The molecule has 5 nitrogen and oxygen atoms in total. The quantitative estimate of drug-likeness (QED) is 0.861. The summed E-state index contributed by atoms with van der Waals surface area (Å²) in [5.41, 5.74) is 0.469. The van der Waals surface area contributed by atoms with Crippen molar-refractivity contribution in [3.8, 4) is 0 Å². The van der Waals surface area contributed by atoms with E-state index in [1.165, 1.54) is 0 Å². The minimum Gasteiger partial charge on any atom is -0.444 e. The molecule has 0 saturated heterocycles. The summed E-state index contributed by atoms with van der Waals surface area (Å²) in [6.45, 7) is 8.57. The van der Waals surface area contributed by atoms with Gasteiger partial charge in [-0.1, -0.05) is 0 Å². The smallest absolute Gasteiger partial charge is 0.410 e. The van der Waals surface area contributed by atoms with E-state index >= 15 is 0 Å². The standard InChI is InChI=1S/C12H20BrN3O2/c1-6-16(11(17)18-12(2,3)4)8-10-9(13)7-14-15(10)5/h7H,6,8H2,1-5H3. The first-order valence-electron chi connectivity index (χ1n) is 5.89. The molecule has 102 valence electrons. The molecule has 0 aliphatic rings. The number of ether oxygens (including phenoxy) is 1. The Hall–Kier alpha value is -1.04.